The van der Waals surface area contributed by atoms with E-state index in [-0.39, 0.29) is 6.61 Å². The molecule has 0 bridgehead atoms. The van der Waals surface area contributed by atoms with E-state index < -0.39 is 49.4 Å². The summed E-state index contributed by atoms with van der Waals surface area (Å²) in [6.07, 6.45) is 2.38. The van der Waals surface area contributed by atoms with Crippen LogP contribution in [0.2, 0.25) is 6.04 Å². The van der Waals surface area contributed by atoms with Crippen LogP contribution in [-0.4, -0.2) is 42.7 Å². The van der Waals surface area contributed by atoms with Crippen LogP contribution in [0.3, 0.4) is 0 Å². The lowest BCUT2D eigenvalue weighted by atomic mass is 10.1. The fourth-order valence-electron chi connectivity index (χ4n) is 2.37. The smallest absolute Gasteiger partial charge is 0.462 e. The van der Waals surface area contributed by atoms with Crippen molar-refractivity contribution in [2.45, 2.75) is 31.7 Å². The summed E-state index contributed by atoms with van der Waals surface area (Å²) in [7, 11) is 1.85. The minimum absolute atomic E-state index is 0.222. The van der Waals surface area contributed by atoms with Crippen molar-refractivity contribution >= 4 is 14.8 Å². The topological polar surface area (TPSA) is 54.0 Å². The van der Waals surface area contributed by atoms with Gasteiger partial charge in [-0.1, -0.05) is 12.8 Å². The maximum absolute atomic E-state index is 13.5. The van der Waals surface area contributed by atoms with Crippen molar-refractivity contribution in [3.63, 3.8) is 0 Å². The van der Waals surface area contributed by atoms with Gasteiger partial charge in [-0.3, -0.25) is 0 Å². The number of esters is 1. The monoisotopic (exact) mass is 416 g/mol. The summed E-state index contributed by atoms with van der Waals surface area (Å²) < 4.78 is 86.5. The molecule has 0 atom stereocenters. The summed E-state index contributed by atoms with van der Waals surface area (Å²) >= 11 is 0. The second-order valence-electron chi connectivity index (χ2n) is 5.54. The molecule has 0 radical (unpaired) electrons. The summed E-state index contributed by atoms with van der Waals surface area (Å²) in [6.45, 7) is -0.222. The Kier molecular flexibility index (Phi) is 9.29. The number of halogens is 5. The maximum Gasteiger partial charge on any atom is 0.500 e. The standard InChI is InChI=1S/C16H21F5O5Si/c1-23-27(24-2,25-3)9-7-5-4-6-8-26-16(22)10-11(17)13(19)15(21)14(20)12(10)18/h4-9H2,1-3H3. The van der Waals surface area contributed by atoms with Crippen molar-refractivity contribution in [1.29, 1.82) is 0 Å². The Morgan fingerprint density at radius 2 is 1.19 bits per heavy atom. The fourth-order valence-corrected chi connectivity index (χ4v) is 4.17. The molecule has 0 spiro atoms. The zero-order valence-electron chi connectivity index (χ0n) is 15.2. The SMILES string of the molecule is CO[Si](CCCCCCOC(=O)c1c(F)c(F)c(F)c(F)c1F)(OC)OC. The van der Waals surface area contributed by atoms with Gasteiger partial charge < -0.3 is 18.0 Å². The Balaban J connectivity index is 2.45. The molecule has 0 aliphatic rings. The van der Waals surface area contributed by atoms with Crippen molar-refractivity contribution in [2.24, 2.45) is 0 Å². The van der Waals surface area contributed by atoms with Gasteiger partial charge in [0.05, 0.1) is 6.61 Å². The normalized spacial score (nSPS) is 11.7. The second kappa shape index (κ2) is 10.7. The van der Waals surface area contributed by atoms with Gasteiger partial charge >= 0.3 is 14.8 Å². The van der Waals surface area contributed by atoms with Gasteiger partial charge in [0.15, 0.2) is 23.3 Å². The molecule has 0 aromatic heterocycles. The molecular weight excluding hydrogens is 395 g/mol. The van der Waals surface area contributed by atoms with Gasteiger partial charge in [-0.25, -0.2) is 26.7 Å². The summed E-state index contributed by atoms with van der Waals surface area (Å²) in [6, 6.07) is 0.584. The Morgan fingerprint density at radius 1 is 0.741 bits per heavy atom. The average molecular weight is 416 g/mol. The van der Waals surface area contributed by atoms with Gasteiger partial charge in [-0.15, -0.1) is 0 Å². The van der Waals surface area contributed by atoms with Crippen LogP contribution in [-0.2, 0) is 18.0 Å². The van der Waals surface area contributed by atoms with Crippen LogP contribution in [0, 0.1) is 29.1 Å². The number of hydrogen-bond acceptors (Lipinski definition) is 5. The van der Waals surface area contributed by atoms with Gasteiger partial charge in [0.2, 0.25) is 5.82 Å². The molecule has 11 heteroatoms. The lowest BCUT2D eigenvalue weighted by Gasteiger charge is -2.24. The largest absolute Gasteiger partial charge is 0.500 e. The third-order valence-corrected chi connectivity index (χ3v) is 6.79. The molecular formula is C16H21F5O5Si. The third-order valence-electron chi connectivity index (χ3n) is 3.96. The predicted molar refractivity (Wildman–Crippen MR) is 86.6 cm³/mol. The Hall–Kier alpha value is -1.56. The van der Waals surface area contributed by atoms with E-state index in [4.69, 9.17) is 13.3 Å². The molecule has 0 saturated heterocycles. The molecule has 27 heavy (non-hydrogen) atoms. The molecule has 1 aromatic carbocycles. The van der Waals surface area contributed by atoms with Crippen LogP contribution in [0.5, 0.6) is 0 Å². The first-order chi connectivity index (χ1) is 12.7. The van der Waals surface area contributed by atoms with Gasteiger partial charge in [-0.05, 0) is 12.8 Å². The second-order valence-corrected chi connectivity index (χ2v) is 8.63. The van der Waals surface area contributed by atoms with E-state index in [0.29, 0.717) is 31.7 Å². The van der Waals surface area contributed by atoms with Crippen molar-refractivity contribution in [3.8, 4) is 0 Å². The van der Waals surface area contributed by atoms with Crippen molar-refractivity contribution in [3.05, 3.63) is 34.6 Å². The molecule has 5 nitrogen and oxygen atoms in total. The maximum atomic E-state index is 13.5. The zero-order chi connectivity index (χ0) is 20.6. The average Bonchev–Trinajstić information content (AvgIpc) is 2.67. The number of ether oxygens (including phenoxy) is 1. The van der Waals surface area contributed by atoms with Crippen molar-refractivity contribution in [1.82, 2.24) is 0 Å². The Morgan fingerprint density at radius 3 is 1.67 bits per heavy atom. The highest BCUT2D eigenvalue weighted by molar-refractivity contribution is 6.60. The Bertz CT molecular complexity index is 617. The van der Waals surface area contributed by atoms with Crippen LogP contribution in [0.15, 0.2) is 0 Å². The molecule has 0 N–H and O–H groups in total. The number of carbonyl (C=O) groups is 1. The number of rotatable bonds is 11. The van der Waals surface area contributed by atoms with E-state index in [2.05, 4.69) is 4.74 Å². The summed E-state index contributed by atoms with van der Waals surface area (Å²) in [4.78, 5) is 11.6. The van der Waals surface area contributed by atoms with E-state index in [0.717, 1.165) is 0 Å². The predicted octanol–water partition coefficient (Wildman–Crippen LogP) is 3.98. The summed E-state index contributed by atoms with van der Waals surface area (Å²) in [5, 5.41) is 0. The highest BCUT2D eigenvalue weighted by Crippen LogP contribution is 2.24. The van der Waals surface area contributed by atoms with E-state index in [9.17, 15) is 26.7 Å². The van der Waals surface area contributed by atoms with E-state index in [1.54, 1.807) is 0 Å². The molecule has 0 fully saturated rings. The fraction of sp³-hybridized carbons (Fsp3) is 0.562. The minimum Gasteiger partial charge on any atom is -0.462 e. The molecule has 0 amide bonds. The van der Waals surface area contributed by atoms with Gasteiger partial charge in [0.25, 0.3) is 0 Å². The van der Waals surface area contributed by atoms with E-state index >= 15 is 0 Å². The van der Waals surface area contributed by atoms with Gasteiger partial charge in [0, 0.05) is 27.4 Å². The van der Waals surface area contributed by atoms with Gasteiger partial charge in [-0.2, -0.15) is 0 Å². The first-order valence-electron chi connectivity index (χ1n) is 8.08. The first kappa shape index (κ1) is 23.5. The molecule has 154 valence electrons. The van der Waals surface area contributed by atoms with Crippen molar-refractivity contribution in [2.75, 3.05) is 27.9 Å². The minimum atomic E-state index is -2.65. The molecule has 0 saturated carbocycles. The highest BCUT2D eigenvalue weighted by Gasteiger charge is 2.36. The number of benzene rings is 1. The van der Waals surface area contributed by atoms with Gasteiger partial charge in [0.1, 0.15) is 5.56 Å². The van der Waals surface area contributed by atoms with Crippen molar-refractivity contribution < 1.29 is 44.8 Å². The van der Waals surface area contributed by atoms with Crippen LogP contribution in [0.25, 0.3) is 0 Å². The lowest BCUT2D eigenvalue weighted by molar-refractivity contribution is 0.0483. The lowest BCUT2D eigenvalue weighted by Crippen LogP contribution is -2.42. The molecule has 1 rings (SSSR count). The number of hydrogen-bond donors (Lipinski definition) is 0. The summed E-state index contributed by atoms with van der Waals surface area (Å²) in [5.74, 6) is -12.7. The molecule has 0 aliphatic carbocycles. The van der Waals surface area contributed by atoms with E-state index in [1.165, 1.54) is 21.3 Å². The quantitative estimate of drug-likeness (QED) is 0.136. The number of unbranched alkanes of at least 4 members (excludes halogenated alkanes) is 3. The zero-order valence-corrected chi connectivity index (χ0v) is 16.2. The number of carbonyl (C=O) groups excluding carboxylic acids is 1. The highest BCUT2D eigenvalue weighted by atomic mass is 28.4. The van der Waals surface area contributed by atoms with Crippen LogP contribution in [0.1, 0.15) is 36.0 Å². The molecule has 0 unspecified atom stereocenters. The summed E-state index contributed by atoms with van der Waals surface area (Å²) in [5.41, 5.74) is -1.59. The molecule has 1 aromatic rings. The Labute approximate surface area is 154 Å². The van der Waals surface area contributed by atoms with Crippen LogP contribution in [0.4, 0.5) is 22.0 Å². The van der Waals surface area contributed by atoms with Crippen LogP contribution >= 0.6 is 0 Å². The molecule has 0 heterocycles. The van der Waals surface area contributed by atoms with E-state index in [1.807, 2.05) is 0 Å². The molecule has 0 aliphatic heterocycles. The first-order valence-corrected chi connectivity index (χ1v) is 10.0. The third kappa shape index (κ3) is 5.70. The van der Waals surface area contributed by atoms with Crippen LogP contribution < -0.4 is 0 Å².